The lowest BCUT2D eigenvalue weighted by Crippen LogP contribution is -2.30. The molecule has 2 aromatic rings. The molecule has 2 rings (SSSR count). The van der Waals surface area contributed by atoms with Crippen LogP contribution in [0.25, 0.3) is 0 Å². The highest BCUT2D eigenvalue weighted by Crippen LogP contribution is 2.29. The summed E-state index contributed by atoms with van der Waals surface area (Å²) in [5, 5.41) is 14.1. The average molecular weight is 355 g/mol. The van der Waals surface area contributed by atoms with E-state index in [1.807, 2.05) is 0 Å². The number of carbonyl (C=O) groups is 1. The van der Waals surface area contributed by atoms with E-state index in [0.717, 1.165) is 0 Å². The van der Waals surface area contributed by atoms with E-state index in [1.54, 1.807) is 18.2 Å². The Morgan fingerprint density at radius 1 is 1.26 bits per heavy atom. The molecule has 6 nitrogen and oxygen atoms in total. The molecule has 0 bridgehead atoms. The van der Waals surface area contributed by atoms with Gasteiger partial charge in [-0.15, -0.1) is 0 Å². The summed E-state index contributed by atoms with van der Waals surface area (Å²) in [6.07, 6.45) is -0.925. The van der Waals surface area contributed by atoms with E-state index >= 15 is 0 Å². The Hall–Kier alpha value is -2.31. The van der Waals surface area contributed by atoms with E-state index in [-0.39, 0.29) is 17.1 Å². The zero-order valence-corrected chi connectivity index (χ0v) is 13.5. The molecule has 1 atom stereocenters. The van der Waals surface area contributed by atoms with E-state index in [9.17, 15) is 14.9 Å². The number of nitro benzene ring substituents is 1. The van der Waals surface area contributed by atoms with Crippen molar-refractivity contribution in [2.45, 2.75) is 13.0 Å². The van der Waals surface area contributed by atoms with E-state index in [4.69, 9.17) is 27.9 Å². The fourth-order valence-electron chi connectivity index (χ4n) is 1.78. The summed E-state index contributed by atoms with van der Waals surface area (Å²) in [5.74, 6) is -0.292. The molecule has 0 spiro atoms. The van der Waals surface area contributed by atoms with Gasteiger partial charge in [-0.2, -0.15) is 0 Å². The zero-order chi connectivity index (χ0) is 17.0. The van der Waals surface area contributed by atoms with Crippen LogP contribution in [-0.2, 0) is 4.79 Å². The second-order valence-electron chi connectivity index (χ2n) is 4.60. The lowest BCUT2D eigenvalue weighted by atomic mass is 10.2. The molecule has 0 radical (unpaired) electrons. The Bertz CT molecular complexity index is 752. The number of rotatable bonds is 5. The molecule has 1 unspecified atom stereocenters. The number of hydrogen-bond acceptors (Lipinski definition) is 4. The maximum Gasteiger partial charge on any atom is 0.292 e. The minimum Gasteiger partial charge on any atom is -0.479 e. The summed E-state index contributed by atoms with van der Waals surface area (Å²) in [6, 6.07) is 10.5. The minimum atomic E-state index is -0.925. The lowest BCUT2D eigenvalue weighted by molar-refractivity contribution is -0.383. The van der Waals surface area contributed by atoms with Gasteiger partial charge in [0.05, 0.1) is 9.95 Å². The van der Waals surface area contributed by atoms with Crippen molar-refractivity contribution in [3.05, 3.63) is 62.6 Å². The molecule has 8 heteroatoms. The largest absolute Gasteiger partial charge is 0.479 e. The fourth-order valence-corrected chi connectivity index (χ4v) is 2.11. The van der Waals surface area contributed by atoms with Crippen LogP contribution in [0, 0.1) is 10.1 Å². The van der Waals surface area contributed by atoms with Crippen molar-refractivity contribution in [3.8, 4) is 5.75 Å². The van der Waals surface area contributed by atoms with Crippen LogP contribution in [0.1, 0.15) is 6.92 Å². The summed E-state index contributed by atoms with van der Waals surface area (Å²) >= 11 is 11.8. The first-order chi connectivity index (χ1) is 10.9. The van der Waals surface area contributed by atoms with Gasteiger partial charge in [-0.25, -0.2) is 0 Å². The Labute approximate surface area is 142 Å². The minimum absolute atomic E-state index is 0.0927. The second kappa shape index (κ2) is 7.30. The predicted octanol–water partition coefficient (Wildman–Crippen LogP) is 4.31. The molecule has 23 heavy (non-hydrogen) atoms. The topological polar surface area (TPSA) is 81.5 Å². The molecule has 2 aromatic carbocycles. The number of nitrogens with zero attached hydrogens (tertiary/aromatic N) is 1. The first kappa shape index (κ1) is 17.1. The molecular weight excluding hydrogens is 343 g/mol. The van der Waals surface area contributed by atoms with Gasteiger partial charge in [0.1, 0.15) is 11.4 Å². The molecule has 0 aromatic heterocycles. The number of ether oxygens (including phenoxy) is 1. The highest BCUT2D eigenvalue weighted by molar-refractivity contribution is 6.34. The van der Waals surface area contributed by atoms with Crippen molar-refractivity contribution in [1.82, 2.24) is 0 Å². The van der Waals surface area contributed by atoms with Gasteiger partial charge in [0.25, 0.3) is 11.6 Å². The number of benzene rings is 2. The molecule has 0 saturated heterocycles. The number of amides is 1. The van der Waals surface area contributed by atoms with Gasteiger partial charge in [0, 0.05) is 17.2 Å². The summed E-state index contributed by atoms with van der Waals surface area (Å²) in [6.45, 7) is 1.50. The van der Waals surface area contributed by atoms with E-state index in [1.165, 1.54) is 31.2 Å². The monoisotopic (exact) mass is 354 g/mol. The maximum atomic E-state index is 12.2. The van der Waals surface area contributed by atoms with Crippen molar-refractivity contribution in [2.24, 2.45) is 0 Å². The Kier molecular flexibility index (Phi) is 5.41. The smallest absolute Gasteiger partial charge is 0.292 e. The van der Waals surface area contributed by atoms with E-state index < -0.39 is 16.9 Å². The number of anilines is 1. The Morgan fingerprint density at radius 3 is 2.65 bits per heavy atom. The molecule has 1 N–H and O–H groups in total. The molecular formula is C15H12Cl2N2O4. The standard InChI is InChI=1S/C15H12Cl2N2O4/c1-9(23-14-8-10(16)6-7-11(14)17)15(20)18-12-4-2-3-5-13(12)19(21)22/h2-9H,1H3,(H,18,20). The van der Waals surface area contributed by atoms with Gasteiger partial charge < -0.3 is 10.1 Å². The van der Waals surface area contributed by atoms with Gasteiger partial charge in [-0.1, -0.05) is 35.3 Å². The lowest BCUT2D eigenvalue weighted by Gasteiger charge is -2.15. The fraction of sp³-hybridized carbons (Fsp3) is 0.133. The number of halogens is 2. The second-order valence-corrected chi connectivity index (χ2v) is 5.44. The average Bonchev–Trinajstić information content (AvgIpc) is 2.51. The van der Waals surface area contributed by atoms with Gasteiger partial charge in [0.2, 0.25) is 0 Å². The van der Waals surface area contributed by atoms with Crippen LogP contribution in [0.4, 0.5) is 11.4 Å². The molecule has 0 fully saturated rings. The maximum absolute atomic E-state index is 12.2. The van der Waals surface area contributed by atoms with Crippen LogP contribution < -0.4 is 10.1 Å². The summed E-state index contributed by atoms with van der Waals surface area (Å²) in [7, 11) is 0. The van der Waals surface area contributed by atoms with Gasteiger partial charge in [0.15, 0.2) is 6.10 Å². The molecule has 120 valence electrons. The van der Waals surface area contributed by atoms with Crippen LogP contribution in [0.2, 0.25) is 10.0 Å². The highest BCUT2D eigenvalue weighted by Gasteiger charge is 2.20. The third-order valence-electron chi connectivity index (χ3n) is 2.92. The molecule has 0 aliphatic carbocycles. The number of nitrogens with one attached hydrogen (secondary N) is 1. The van der Waals surface area contributed by atoms with E-state index in [0.29, 0.717) is 10.0 Å². The van der Waals surface area contributed by atoms with Crippen LogP contribution in [0.15, 0.2) is 42.5 Å². The molecule has 0 heterocycles. The highest BCUT2D eigenvalue weighted by atomic mass is 35.5. The van der Waals surface area contributed by atoms with Crippen molar-refractivity contribution >= 4 is 40.5 Å². The van der Waals surface area contributed by atoms with Crippen LogP contribution in [-0.4, -0.2) is 16.9 Å². The third kappa shape index (κ3) is 4.34. The van der Waals surface area contributed by atoms with Gasteiger partial charge in [-0.05, 0) is 25.1 Å². The number of para-hydroxylation sites is 2. The molecule has 0 aliphatic rings. The van der Waals surface area contributed by atoms with Crippen LogP contribution >= 0.6 is 23.2 Å². The molecule has 0 saturated carbocycles. The summed E-state index contributed by atoms with van der Waals surface area (Å²) in [5.41, 5.74) is -0.107. The SMILES string of the molecule is CC(Oc1cc(Cl)ccc1Cl)C(=O)Nc1ccccc1[N+](=O)[O-]. The van der Waals surface area contributed by atoms with E-state index in [2.05, 4.69) is 5.32 Å². The number of nitro groups is 1. The van der Waals surface area contributed by atoms with Crippen LogP contribution in [0.5, 0.6) is 5.75 Å². The predicted molar refractivity (Wildman–Crippen MR) is 88.3 cm³/mol. The molecule has 1 amide bonds. The molecule has 0 aliphatic heterocycles. The van der Waals surface area contributed by atoms with Gasteiger partial charge in [-0.3, -0.25) is 14.9 Å². The van der Waals surface area contributed by atoms with Crippen molar-refractivity contribution in [2.75, 3.05) is 5.32 Å². The number of carbonyl (C=O) groups excluding carboxylic acids is 1. The van der Waals surface area contributed by atoms with Crippen molar-refractivity contribution in [3.63, 3.8) is 0 Å². The zero-order valence-electron chi connectivity index (χ0n) is 12.0. The summed E-state index contributed by atoms with van der Waals surface area (Å²) < 4.78 is 5.46. The first-order valence-electron chi connectivity index (χ1n) is 6.54. The summed E-state index contributed by atoms with van der Waals surface area (Å²) in [4.78, 5) is 22.5. The van der Waals surface area contributed by atoms with Crippen LogP contribution in [0.3, 0.4) is 0 Å². The van der Waals surface area contributed by atoms with Crippen molar-refractivity contribution < 1.29 is 14.5 Å². The Morgan fingerprint density at radius 2 is 1.96 bits per heavy atom. The van der Waals surface area contributed by atoms with Crippen molar-refractivity contribution in [1.29, 1.82) is 0 Å². The normalized spacial score (nSPS) is 11.6. The quantitative estimate of drug-likeness (QED) is 0.640. The third-order valence-corrected chi connectivity index (χ3v) is 3.47. The van der Waals surface area contributed by atoms with Gasteiger partial charge >= 0.3 is 0 Å². The number of hydrogen-bond donors (Lipinski definition) is 1. The first-order valence-corrected chi connectivity index (χ1v) is 7.30. The Balaban J connectivity index is 2.12.